The number of aromatic nitrogens is 4. The minimum atomic E-state index is -0.276. The van der Waals surface area contributed by atoms with Gasteiger partial charge in [0.05, 0.1) is 18.8 Å². The minimum absolute atomic E-state index is 0.0892. The normalized spacial score (nSPS) is 26.4. The van der Waals surface area contributed by atoms with Crippen LogP contribution >= 0.6 is 0 Å². The van der Waals surface area contributed by atoms with Crippen LogP contribution in [0.1, 0.15) is 27.2 Å². The van der Waals surface area contributed by atoms with E-state index in [4.69, 9.17) is 0 Å². The molecule has 0 saturated heterocycles. The van der Waals surface area contributed by atoms with Crippen LogP contribution < -0.4 is 5.56 Å². The van der Waals surface area contributed by atoms with E-state index in [-0.39, 0.29) is 17.1 Å². The second kappa shape index (κ2) is 4.41. The molecule has 0 unspecified atom stereocenters. The van der Waals surface area contributed by atoms with Gasteiger partial charge in [-0.1, -0.05) is 13.8 Å². The standard InChI is InChI=1S/C14H20N4O2/c1-8(19)10-4-9(14(10,2)3)5-18-7-17-11-12(18)15-6-16-13(11)20/h6-10,19H,4-5H2,1-3H3,(H,15,16,20)/t8-,9+,10-/m0/s1. The maximum Gasteiger partial charge on any atom is 0.278 e. The third-order valence-corrected chi connectivity index (χ3v) is 4.95. The molecular weight excluding hydrogens is 256 g/mol. The van der Waals surface area contributed by atoms with Crippen LogP contribution in [0.5, 0.6) is 0 Å². The van der Waals surface area contributed by atoms with Gasteiger partial charge < -0.3 is 14.7 Å². The Morgan fingerprint density at radius 2 is 2.30 bits per heavy atom. The largest absolute Gasteiger partial charge is 0.393 e. The molecule has 0 radical (unpaired) electrons. The molecule has 1 aliphatic carbocycles. The summed E-state index contributed by atoms with van der Waals surface area (Å²) in [4.78, 5) is 22.5. The first-order valence-corrected chi connectivity index (χ1v) is 6.98. The zero-order valence-corrected chi connectivity index (χ0v) is 12.0. The highest BCUT2D eigenvalue weighted by Gasteiger charge is 2.49. The average Bonchev–Trinajstić information content (AvgIpc) is 2.78. The highest BCUT2D eigenvalue weighted by Crippen LogP contribution is 2.53. The number of H-pyrrole nitrogens is 1. The van der Waals surface area contributed by atoms with Crippen LogP contribution in [0, 0.1) is 17.3 Å². The number of nitrogens with zero attached hydrogens (tertiary/aromatic N) is 3. The number of rotatable bonds is 3. The summed E-state index contributed by atoms with van der Waals surface area (Å²) in [5, 5.41) is 9.78. The molecule has 2 aromatic heterocycles. The summed E-state index contributed by atoms with van der Waals surface area (Å²) in [7, 11) is 0. The van der Waals surface area contributed by atoms with Gasteiger partial charge in [-0.3, -0.25) is 4.79 Å². The van der Waals surface area contributed by atoms with E-state index in [1.54, 1.807) is 6.33 Å². The second-order valence-electron chi connectivity index (χ2n) is 6.40. The molecule has 1 aliphatic rings. The van der Waals surface area contributed by atoms with Crippen molar-refractivity contribution >= 4 is 11.2 Å². The number of nitrogens with one attached hydrogen (secondary N) is 1. The van der Waals surface area contributed by atoms with Crippen molar-refractivity contribution in [2.45, 2.75) is 39.8 Å². The molecule has 2 aromatic rings. The van der Waals surface area contributed by atoms with Gasteiger partial charge in [-0.25, -0.2) is 9.97 Å². The molecule has 0 bridgehead atoms. The first kappa shape index (κ1) is 13.3. The summed E-state index contributed by atoms with van der Waals surface area (Å²) in [5.41, 5.74) is 0.900. The van der Waals surface area contributed by atoms with Crippen LogP contribution in [0.2, 0.25) is 0 Å². The van der Waals surface area contributed by atoms with Gasteiger partial charge in [0.1, 0.15) is 0 Å². The van der Waals surface area contributed by atoms with Crippen LogP contribution in [0.15, 0.2) is 17.4 Å². The summed E-state index contributed by atoms with van der Waals surface area (Å²) < 4.78 is 1.94. The molecule has 20 heavy (non-hydrogen) atoms. The first-order chi connectivity index (χ1) is 9.41. The highest BCUT2D eigenvalue weighted by atomic mass is 16.3. The Hall–Kier alpha value is -1.69. The van der Waals surface area contributed by atoms with Gasteiger partial charge in [0.2, 0.25) is 0 Å². The number of imidazole rings is 1. The summed E-state index contributed by atoms with van der Waals surface area (Å²) >= 11 is 0. The third kappa shape index (κ3) is 1.86. The minimum Gasteiger partial charge on any atom is -0.393 e. The lowest BCUT2D eigenvalue weighted by Gasteiger charge is -2.53. The monoisotopic (exact) mass is 276 g/mol. The molecule has 1 fully saturated rings. The van der Waals surface area contributed by atoms with Crippen LogP contribution in [-0.4, -0.2) is 30.7 Å². The highest BCUT2D eigenvalue weighted by molar-refractivity contribution is 5.68. The van der Waals surface area contributed by atoms with Crippen LogP contribution in [0.25, 0.3) is 11.2 Å². The Kier molecular flexibility index (Phi) is 2.93. The Balaban J connectivity index is 1.85. The molecule has 6 heteroatoms. The van der Waals surface area contributed by atoms with E-state index in [2.05, 4.69) is 28.8 Å². The second-order valence-corrected chi connectivity index (χ2v) is 6.40. The quantitative estimate of drug-likeness (QED) is 0.881. The predicted octanol–water partition coefficient (Wildman–Crippen LogP) is 1.16. The first-order valence-electron chi connectivity index (χ1n) is 6.98. The van der Waals surface area contributed by atoms with Crippen molar-refractivity contribution in [2.75, 3.05) is 0 Å². The number of aromatic amines is 1. The Morgan fingerprint density at radius 3 is 2.95 bits per heavy atom. The van der Waals surface area contributed by atoms with E-state index in [0.29, 0.717) is 23.0 Å². The van der Waals surface area contributed by atoms with Crippen molar-refractivity contribution in [3.8, 4) is 0 Å². The van der Waals surface area contributed by atoms with E-state index in [1.807, 2.05) is 11.5 Å². The fourth-order valence-corrected chi connectivity index (χ4v) is 3.45. The van der Waals surface area contributed by atoms with Crippen molar-refractivity contribution in [3.05, 3.63) is 23.0 Å². The zero-order chi connectivity index (χ0) is 14.5. The Bertz CT molecular complexity index is 686. The number of fused-ring (bicyclic) bond motifs is 1. The molecule has 0 amide bonds. The summed E-state index contributed by atoms with van der Waals surface area (Å²) in [6.45, 7) is 7.02. The van der Waals surface area contributed by atoms with E-state index in [0.717, 1.165) is 13.0 Å². The van der Waals surface area contributed by atoms with Gasteiger partial charge in [-0.2, -0.15) is 0 Å². The van der Waals surface area contributed by atoms with Gasteiger partial charge in [-0.15, -0.1) is 0 Å². The van der Waals surface area contributed by atoms with E-state index < -0.39 is 0 Å². The molecule has 2 heterocycles. The molecule has 1 saturated carbocycles. The number of hydrogen-bond donors (Lipinski definition) is 2. The van der Waals surface area contributed by atoms with E-state index >= 15 is 0 Å². The van der Waals surface area contributed by atoms with Gasteiger partial charge >= 0.3 is 0 Å². The maximum atomic E-state index is 11.6. The van der Waals surface area contributed by atoms with Crippen LogP contribution in [0.4, 0.5) is 0 Å². The summed E-state index contributed by atoms with van der Waals surface area (Å²) in [6, 6.07) is 0. The topological polar surface area (TPSA) is 83.8 Å². The summed E-state index contributed by atoms with van der Waals surface area (Å²) in [5.74, 6) is 0.791. The molecule has 3 rings (SSSR count). The van der Waals surface area contributed by atoms with Gasteiger partial charge in [0.25, 0.3) is 5.56 Å². The maximum absolute atomic E-state index is 11.6. The van der Waals surface area contributed by atoms with Crippen LogP contribution in [0.3, 0.4) is 0 Å². The fourth-order valence-electron chi connectivity index (χ4n) is 3.45. The lowest BCUT2D eigenvalue weighted by atomic mass is 9.53. The Labute approximate surface area is 116 Å². The molecule has 0 spiro atoms. The molecular formula is C14H20N4O2. The molecule has 3 atom stereocenters. The molecule has 6 nitrogen and oxygen atoms in total. The SMILES string of the molecule is C[C@H](O)[C@@H]1C[C@H](Cn2cnc3c(=O)[nH]cnc32)C1(C)C. The lowest BCUT2D eigenvalue weighted by Crippen LogP contribution is -2.51. The van der Waals surface area contributed by atoms with Gasteiger partial charge in [-0.05, 0) is 30.6 Å². The molecule has 108 valence electrons. The lowest BCUT2D eigenvalue weighted by molar-refractivity contribution is -0.0934. The molecule has 0 aromatic carbocycles. The number of aliphatic hydroxyl groups excluding tert-OH is 1. The van der Waals surface area contributed by atoms with Crippen molar-refractivity contribution in [1.29, 1.82) is 0 Å². The Morgan fingerprint density at radius 1 is 1.55 bits per heavy atom. The van der Waals surface area contributed by atoms with Crippen molar-refractivity contribution in [2.24, 2.45) is 17.3 Å². The molecule has 0 aliphatic heterocycles. The third-order valence-electron chi connectivity index (χ3n) is 4.95. The van der Waals surface area contributed by atoms with Crippen molar-refractivity contribution in [1.82, 2.24) is 19.5 Å². The van der Waals surface area contributed by atoms with Crippen LogP contribution in [-0.2, 0) is 6.54 Å². The number of aliphatic hydroxyl groups is 1. The predicted molar refractivity (Wildman–Crippen MR) is 75.2 cm³/mol. The van der Waals surface area contributed by atoms with E-state index in [9.17, 15) is 9.90 Å². The molecule has 2 N–H and O–H groups in total. The average molecular weight is 276 g/mol. The van der Waals surface area contributed by atoms with Gasteiger partial charge in [0, 0.05) is 6.54 Å². The zero-order valence-electron chi connectivity index (χ0n) is 12.0. The van der Waals surface area contributed by atoms with E-state index in [1.165, 1.54) is 6.33 Å². The fraction of sp³-hybridized carbons (Fsp3) is 0.643. The van der Waals surface area contributed by atoms with Gasteiger partial charge in [0.15, 0.2) is 11.2 Å². The van der Waals surface area contributed by atoms with Crippen molar-refractivity contribution in [3.63, 3.8) is 0 Å². The van der Waals surface area contributed by atoms with Crippen molar-refractivity contribution < 1.29 is 5.11 Å². The number of hydrogen-bond acceptors (Lipinski definition) is 4. The smallest absolute Gasteiger partial charge is 0.278 e. The summed E-state index contributed by atoms with van der Waals surface area (Å²) in [6.07, 6.45) is 3.81.